The standard InChI is InChI=1S/C29H37N3O4/c1-4-15-35-23-13-11-21(12-14-23)18-32-27(33)25-17-26-24(16-20(2)36-26)31(25)19-29(32,3)28(34)30-22-9-7-5-6-8-10-22/h11-14,16-17,22H,4-10,15,18-19H2,1-3H3,(H,30,34). The highest BCUT2D eigenvalue weighted by atomic mass is 16.5. The lowest BCUT2D eigenvalue weighted by atomic mass is 9.93. The molecule has 36 heavy (non-hydrogen) atoms. The zero-order chi connectivity index (χ0) is 25.3. The molecule has 2 aliphatic rings. The van der Waals surface area contributed by atoms with Crippen molar-refractivity contribution in [2.45, 2.75) is 90.4 Å². The third-order valence-corrected chi connectivity index (χ3v) is 7.66. The lowest BCUT2D eigenvalue weighted by molar-refractivity contribution is -0.134. The first-order chi connectivity index (χ1) is 17.4. The molecule has 0 saturated heterocycles. The minimum absolute atomic E-state index is 0.0848. The number of carbonyl (C=O) groups is 2. The molecule has 1 N–H and O–H groups in total. The number of carbonyl (C=O) groups excluding carboxylic acids is 2. The van der Waals surface area contributed by atoms with E-state index >= 15 is 0 Å². The molecule has 1 unspecified atom stereocenters. The maximum absolute atomic E-state index is 13.9. The molecule has 1 atom stereocenters. The number of furan rings is 1. The summed E-state index contributed by atoms with van der Waals surface area (Å²) in [6.07, 6.45) is 7.64. The first-order valence-electron chi connectivity index (χ1n) is 13.3. The smallest absolute Gasteiger partial charge is 0.271 e. The Kier molecular flexibility index (Phi) is 6.82. The minimum Gasteiger partial charge on any atom is -0.494 e. The highest BCUT2D eigenvalue weighted by molar-refractivity contribution is 6.03. The quantitative estimate of drug-likeness (QED) is 0.438. The summed E-state index contributed by atoms with van der Waals surface area (Å²) in [7, 11) is 0. The van der Waals surface area contributed by atoms with Gasteiger partial charge in [-0.1, -0.05) is 44.7 Å². The second-order valence-electron chi connectivity index (χ2n) is 10.5. The Morgan fingerprint density at radius 1 is 1.14 bits per heavy atom. The zero-order valence-corrected chi connectivity index (χ0v) is 21.6. The highest BCUT2D eigenvalue weighted by Crippen LogP contribution is 2.35. The molecule has 3 heterocycles. The molecule has 7 nitrogen and oxygen atoms in total. The van der Waals surface area contributed by atoms with Crippen molar-refractivity contribution in [3.8, 4) is 5.75 Å². The summed E-state index contributed by atoms with van der Waals surface area (Å²) < 4.78 is 13.5. The van der Waals surface area contributed by atoms with Crippen LogP contribution in [0.4, 0.5) is 0 Å². The first-order valence-corrected chi connectivity index (χ1v) is 13.3. The Labute approximate surface area is 212 Å². The molecular weight excluding hydrogens is 454 g/mol. The van der Waals surface area contributed by atoms with Crippen molar-refractivity contribution in [3.63, 3.8) is 0 Å². The summed E-state index contributed by atoms with van der Waals surface area (Å²) in [5, 5.41) is 3.32. The Hall–Kier alpha value is -3.22. The van der Waals surface area contributed by atoms with Crippen LogP contribution in [0.5, 0.6) is 5.75 Å². The van der Waals surface area contributed by atoms with Gasteiger partial charge in [-0.05, 0) is 50.8 Å². The van der Waals surface area contributed by atoms with Gasteiger partial charge in [0.25, 0.3) is 5.91 Å². The van der Waals surface area contributed by atoms with Crippen molar-refractivity contribution < 1.29 is 18.7 Å². The van der Waals surface area contributed by atoms with Crippen molar-refractivity contribution in [3.05, 3.63) is 53.4 Å². The SMILES string of the molecule is CCCOc1ccc(CN2C(=O)c3cc4oc(C)cc4n3CC2(C)C(=O)NC2CCCCCC2)cc1. The molecule has 192 valence electrons. The van der Waals surface area contributed by atoms with Gasteiger partial charge in [-0.25, -0.2) is 0 Å². The van der Waals surface area contributed by atoms with Crippen molar-refractivity contribution in [2.24, 2.45) is 0 Å². The normalized spacial score (nSPS) is 20.9. The fourth-order valence-electron chi connectivity index (χ4n) is 5.57. The van der Waals surface area contributed by atoms with Crippen LogP contribution in [0.2, 0.25) is 0 Å². The Bertz CT molecular complexity index is 1230. The zero-order valence-electron chi connectivity index (χ0n) is 21.6. The molecule has 2 aromatic heterocycles. The molecule has 2 amide bonds. The van der Waals surface area contributed by atoms with E-state index < -0.39 is 5.54 Å². The van der Waals surface area contributed by atoms with E-state index in [0.717, 1.165) is 54.7 Å². The van der Waals surface area contributed by atoms with Gasteiger partial charge in [-0.15, -0.1) is 0 Å². The summed E-state index contributed by atoms with van der Waals surface area (Å²) in [6, 6.07) is 11.7. The predicted molar refractivity (Wildman–Crippen MR) is 139 cm³/mol. The summed E-state index contributed by atoms with van der Waals surface area (Å²) in [5.41, 5.74) is 2.03. The van der Waals surface area contributed by atoms with Gasteiger partial charge in [-0.3, -0.25) is 9.59 Å². The summed E-state index contributed by atoms with van der Waals surface area (Å²) in [5.74, 6) is 1.36. The summed E-state index contributed by atoms with van der Waals surface area (Å²) >= 11 is 0. The van der Waals surface area contributed by atoms with Gasteiger partial charge in [0.2, 0.25) is 5.91 Å². The van der Waals surface area contributed by atoms with Gasteiger partial charge in [0.05, 0.1) is 18.7 Å². The minimum atomic E-state index is -1.04. The molecule has 1 saturated carbocycles. The van der Waals surface area contributed by atoms with Gasteiger partial charge >= 0.3 is 0 Å². The molecule has 7 heteroatoms. The van der Waals surface area contributed by atoms with E-state index in [1.54, 1.807) is 4.90 Å². The van der Waals surface area contributed by atoms with Gasteiger partial charge in [0.15, 0.2) is 5.58 Å². The number of nitrogens with one attached hydrogen (secondary N) is 1. The van der Waals surface area contributed by atoms with E-state index in [4.69, 9.17) is 9.15 Å². The number of ether oxygens (including phenoxy) is 1. The van der Waals surface area contributed by atoms with Crippen molar-refractivity contribution in [1.29, 1.82) is 0 Å². The average molecular weight is 492 g/mol. The van der Waals surface area contributed by atoms with Crippen LogP contribution in [-0.2, 0) is 17.9 Å². The number of benzene rings is 1. The molecule has 1 aliphatic heterocycles. The number of rotatable bonds is 7. The van der Waals surface area contributed by atoms with Crippen LogP contribution in [-0.4, -0.2) is 39.5 Å². The monoisotopic (exact) mass is 491 g/mol. The molecule has 0 spiro atoms. The van der Waals surface area contributed by atoms with Crippen molar-refractivity contribution >= 4 is 22.9 Å². The molecule has 5 rings (SSSR count). The van der Waals surface area contributed by atoms with Crippen LogP contribution in [0.1, 0.15) is 80.6 Å². The Balaban J connectivity index is 1.47. The van der Waals surface area contributed by atoms with Crippen molar-refractivity contribution in [2.75, 3.05) is 6.61 Å². The third-order valence-electron chi connectivity index (χ3n) is 7.66. The van der Waals surface area contributed by atoms with E-state index in [9.17, 15) is 9.59 Å². The number of hydrogen-bond donors (Lipinski definition) is 1. The molecule has 1 aromatic carbocycles. The molecular formula is C29H37N3O4. The van der Waals surface area contributed by atoms with E-state index in [2.05, 4.69) is 12.2 Å². The maximum Gasteiger partial charge on any atom is 0.271 e. The van der Waals surface area contributed by atoms with Crippen LogP contribution in [0.3, 0.4) is 0 Å². The van der Waals surface area contributed by atoms with Crippen LogP contribution in [0.15, 0.2) is 40.8 Å². The summed E-state index contributed by atoms with van der Waals surface area (Å²) in [4.78, 5) is 29.6. The molecule has 0 radical (unpaired) electrons. The number of aryl methyl sites for hydroxylation is 1. The number of hydrogen-bond acceptors (Lipinski definition) is 4. The largest absolute Gasteiger partial charge is 0.494 e. The number of fused-ring (bicyclic) bond motifs is 3. The Morgan fingerprint density at radius 2 is 1.86 bits per heavy atom. The topological polar surface area (TPSA) is 76.7 Å². The molecule has 3 aromatic rings. The van der Waals surface area contributed by atoms with Crippen LogP contribution in [0, 0.1) is 6.92 Å². The first kappa shape index (κ1) is 24.5. The number of nitrogens with zero attached hydrogens (tertiary/aromatic N) is 2. The number of aromatic nitrogens is 1. The van der Waals surface area contributed by atoms with Gasteiger partial charge in [0.1, 0.15) is 22.7 Å². The van der Waals surface area contributed by atoms with Crippen LogP contribution >= 0.6 is 0 Å². The fraction of sp³-hybridized carbons (Fsp3) is 0.517. The van der Waals surface area contributed by atoms with E-state index in [1.807, 2.05) is 54.8 Å². The fourth-order valence-corrected chi connectivity index (χ4v) is 5.57. The van der Waals surface area contributed by atoms with Crippen LogP contribution in [0.25, 0.3) is 11.1 Å². The lowest BCUT2D eigenvalue weighted by Crippen LogP contribution is -2.64. The third kappa shape index (κ3) is 4.63. The number of amides is 2. The lowest BCUT2D eigenvalue weighted by Gasteiger charge is -2.44. The molecule has 1 aliphatic carbocycles. The highest BCUT2D eigenvalue weighted by Gasteiger charge is 2.48. The van der Waals surface area contributed by atoms with E-state index in [1.165, 1.54) is 12.8 Å². The average Bonchev–Trinajstić information content (AvgIpc) is 3.26. The van der Waals surface area contributed by atoms with Gasteiger partial charge in [-0.2, -0.15) is 0 Å². The van der Waals surface area contributed by atoms with E-state index in [0.29, 0.717) is 31.0 Å². The van der Waals surface area contributed by atoms with Gasteiger partial charge in [0, 0.05) is 24.7 Å². The second kappa shape index (κ2) is 10.0. The van der Waals surface area contributed by atoms with Gasteiger partial charge < -0.3 is 23.9 Å². The molecule has 0 bridgehead atoms. The maximum atomic E-state index is 13.9. The summed E-state index contributed by atoms with van der Waals surface area (Å²) in [6.45, 7) is 7.26. The molecule has 1 fully saturated rings. The second-order valence-corrected chi connectivity index (χ2v) is 10.5. The Morgan fingerprint density at radius 3 is 2.56 bits per heavy atom. The van der Waals surface area contributed by atoms with E-state index in [-0.39, 0.29) is 17.9 Å². The predicted octanol–water partition coefficient (Wildman–Crippen LogP) is 5.59. The van der Waals surface area contributed by atoms with Crippen molar-refractivity contribution in [1.82, 2.24) is 14.8 Å². The van der Waals surface area contributed by atoms with Crippen LogP contribution < -0.4 is 10.1 Å².